The molecule has 1 heterocycles. The smallest absolute Gasteiger partial charge is 0.256 e. The van der Waals surface area contributed by atoms with Gasteiger partial charge in [-0.2, -0.15) is 0 Å². The monoisotopic (exact) mass is 374 g/mol. The molecule has 0 saturated carbocycles. The lowest BCUT2D eigenvalue weighted by Crippen LogP contribution is -2.33. The summed E-state index contributed by atoms with van der Waals surface area (Å²) in [6.45, 7) is 1.87. The Labute approximate surface area is 163 Å². The fraction of sp³-hybridized carbons (Fsp3) is 0.0909. The van der Waals surface area contributed by atoms with E-state index in [-0.39, 0.29) is 11.9 Å². The van der Waals surface area contributed by atoms with Gasteiger partial charge in [-0.15, -0.1) is 0 Å². The Morgan fingerprint density at radius 1 is 0.778 bits per heavy atom. The fourth-order valence-electron chi connectivity index (χ4n) is 3.11. The molecule has 0 bridgehead atoms. The highest BCUT2D eigenvalue weighted by molar-refractivity contribution is 7.81. The number of rotatable bonds is 4. The minimum atomic E-state index is -0.347. The summed E-state index contributed by atoms with van der Waals surface area (Å²) in [5.74, 6) is 1.43. The molecule has 0 spiro atoms. The minimum Gasteiger partial charge on any atom is -0.457 e. The maximum atomic E-state index is 12.8. The maximum Gasteiger partial charge on any atom is 0.256 e. The molecule has 1 amide bonds. The minimum absolute atomic E-state index is 0.0411. The number of thiocarbonyl (C=S) groups is 1. The lowest BCUT2D eigenvalue weighted by molar-refractivity contribution is -0.117. The predicted molar refractivity (Wildman–Crippen MR) is 111 cm³/mol. The lowest BCUT2D eigenvalue weighted by atomic mass is 10.2. The number of hydrogen-bond donors (Lipinski definition) is 0. The van der Waals surface area contributed by atoms with E-state index in [0.717, 1.165) is 17.1 Å². The Balaban J connectivity index is 1.58. The molecule has 1 atom stereocenters. The zero-order valence-corrected chi connectivity index (χ0v) is 15.6. The molecule has 1 aliphatic heterocycles. The average Bonchev–Trinajstić information content (AvgIpc) is 2.93. The first kappa shape index (κ1) is 17.2. The molecule has 0 radical (unpaired) electrons. The highest BCUT2D eigenvalue weighted by Gasteiger charge is 2.41. The second kappa shape index (κ2) is 7.21. The Kier molecular flexibility index (Phi) is 4.60. The van der Waals surface area contributed by atoms with Crippen molar-refractivity contribution in [2.75, 3.05) is 9.80 Å². The number of anilines is 2. The van der Waals surface area contributed by atoms with Crippen LogP contribution in [-0.2, 0) is 4.79 Å². The van der Waals surface area contributed by atoms with Gasteiger partial charge in [0.1, 0.15) is 17.5 Å². The molecule has 3 aromatic rings. The van der Waals surface area contributed by atoms with Crippen LogP contribution in [0.25, 0.3) is 0 Å². The topological polar surface area (TPSA) is 32.8 Å². The standard InChI is InChI=1S/C22H18N2O2S/c1-16-21(25)24(22(27)23(16)17-8-4-2-5-9-17)18-12-14-20(15-13-18)26-19-10-6-3-7-11-19/h2-16H,1H3. The first-order valence-electron chi connectivity index (χ1n) is 8.70. The summed E-state index contributed by atoms with van der Waals surface area (Å²) >= 11 is 5.62. The van der Waals surface area contributed by atoms with E-state index in [9.17, 15) is 4.79 Å². The van der Waals surface area contributed by atoms with E-state index in [1.165, 1.54) is 0 Å². The SMILES string of the molecule is CC1C(=O)N(c2ccc(Oc3ccccc3)cc2)C(=S)N1c1ccccc1. The third kappa shape index (κ3) is 3.29. The molecular weight excluding hydrogens is 356 g/mol. The molecule has 4 nitrogen and oxygen atoms in total. The average molecular weight is 374 g/mol. The second-order valence-electron chi connectivity index (χ2n) is 6.25. The number of ether oxygens (including phenoxy) is 1. The van der Waals surface area contributed by atoms with Crippen LogP contribution in [-0.4, -0.2) is 17.1 Å². The van der Waals surface area contributed by atoms with Gasteiger partial charge in [-0.25, -0.2) is 0 Å². The van der Waals surface area contributed by atoms with Crippen molar-refractivity contribution in [3.63, 3.8) is 0 Å². The summed E-state index contributed by atoms with van der Waals surface area (Å²) in [6, 6.07) is 26.3. The molecular formula is C22H18N2O2S. The number of carbonyl (C=O) groups is 1. The van der Waals surface area contributed by atoms with E-state index in [1.807, 2.05) is 96.8 Å². The van der Waals surface area contributed by atoms with Gasteiger partial charge in [-0.1, -0.05) is 36.4 Å². The van der Waals surface area contributed by atoms with Crippen LogP contribution in [0.2, 0.25) is 0 Å². The van der Waals surface area contributed by atoms with Crippen LogP contribution >= 0.6 is 12.2 Å². The Bertz CT molecular complexity index is 959. The highest BCUT2D eigenvalue weighted by Crippen LogP contribution is 2.31. The van der Waals surface area contributed by atoms with Gasteiger partial charge in [-0.3, -0.25) is 9.69 Å². The van der Waals surface area contributed by atoms with Crippen LogP contribution in [0.3, 0.4) is 0 Å². The van der Waals surface area contributed by atoms with Crippen molar-refractivity contribution in [1.82, 2.24) is 0 Å². The zero-order valence-electron chi connectivity index (χ0n) is 14.8. The van der Waals surface area contributed by atoms with Gasteiger partial charge in [0.05, 0.1) is 5.69 Å². The van der Waals surface area contributed by atoms with Crippen molar-refractivity contribution < 1.29 is 9.53 Å². The molecule has 1 aliphatic rings. The van der Waals surface area contributed by atoms with Crippen molar-refractivity contribution >= 4 is 34.6 Å². The lowest BCUT2D eigenvalue weighted by Gasteiger charge is -2.22. The summed E-state index contributed by atoms with van der Waals surface area (Å²) in [7, 11) is 0. The number of hydrogen-bond acceptors (Lipinski definition) is 3. The molecule has 5 heteroatoms. The normalized spacial score (nSPS) is 16.7. The van der Waals surface area contributed by atoms with Crippen LogP contribution in [0.15, 0.2) is 84.9 Å². The van der Waals surface area contributed by atoms with E-state index in [1.54, 1.807) is 4.90 Å². The highest BCUT2D eigenvalue weighted by atomic mass is 32.1. The van der Waals surface area contributed by atoms with Gasteiger partial charge in [0.25, 0.3) is 5.91 Å². The number of benzene rings is 3. The van der Waals surface area contributed by atoms with Crippen LogP contribution in [0.5, 0.6) is 11.5 Å². The summed E-state index contributed by atoms with van der Waals surface area (Å²) in [6.07, 6.45) is 0. The van der Waals surface area contributed by atoms with Crippen molar-refractivity contribution in [1.29, 1.82) is 0 Å². The number of amides is 1. The molecule has 3 aromatic carbocycles. The fourth-order valence-corrected chi connectivity index (χ4v) is 3.57. The second-order valence-corrected chi connectivity index (χ2v) is 6.61. The largest absolute Gasteiger partial charge is 0.457 e. The quantitative estimate of drug-likeness (QED) is 0.601. The number of nitrogens with zero attached hydrogens (tertiary/aromatic N) is 2. The molecule has 27 heavy (non-hydrogen) atoms. The van der Waals surface area contributed by atoms with Gasteiger partial charge in [0.2, 0.25) is 0 Å². The Morgan fingerprint density at radius 2 is 1.33 bits per heavy atom. The number of carbonyl (C=O) groups excluding carboxylic acids is 1. The van der Waals surface area contributed by atoms with E-state index in [0.29, 0.717) is 10.9 Å². The van der Waals surface area contributed by atoms with Gasteiger partial charge >= 0.3 is 0 Å². The summed E-state index contributed by atoms with van der Waals surface area (Å²) in [5.41, 5.74) is 1.64. The van der Waals surface area contributed by atoms with Crippen molar-refractivity contribution in [3.05, 3.63) is 84.9 Å². The first-order chi connectivity index (χ1) is 13.1. The molecule has 1 saturated heterocycles. The van der Waals surface area contributed by atoms with Crippen molar-refractivity contribution in [2.45, 2.75) is 13.0 Å². The first-order valence-corrected chi connectivity index (χ1v) is 9.11. The number of para-hydroxylation sites is 2. The molecule has 1 unspecified atom stereocenters. The Morgan fingerprint density at radius 3 is 1.96 bits per heavy atom. The zero-order chi connectivity index (χ0) is 18.8. The van der Waals surface area contributed by atoms with Gasteiger partial charge < -0.3 is 9.64 Å². The molecule has 4 rings (SSSR count). The van der Waals surface area contributed by atoms with Crippen LogP contribution in [0.1, 0.15) is 6.92 Å². The van der Waals surface area contributed by atoms with Crippen LogP contribution in [0.4, 0.5) is 11.4 Å². The van der Waals surface area contributed by atoms with E-state index in [4.69, 9.17) is 17.0 Å². The summed E-state index contributed by atoms with van der Waals surface area (Å²) in [4.78, 5) is 16.3. The van der Waals surface area contributed by atoms with E-state index in [2.05, 4.69) is 0 Å². The molecule has 0 N–H and O–H groups in total. The predicted octanol–water partition coefficient (Wildman–Crippen LogP) is 5.01. The van der Waals surface area contributed by atoms with E-state index < -0.39 is 0 Å². The van der Waals surface area contributed by atoms with Crippen LogP contribution in [0, 0.1) is 0 Å². The van der Waals surface area contributed by atoms with Crippen molar-refractivity contribution in [3.8, 4) is 11.5 Å². The third-order valence-corrected chi connectivity index (χ3v) is 4.85. The van der Waals surface area contributed by atoms with Gasteiger partial charge in [-0.05, 0) is 67.7 Å². The molecule has 1 fully saturated rings. The molecule has 134 valence electrons. The molecule has 0 aliphatic carbocycles. The summed E-state index contributed by atoms with van der Waals surface area (Å²) < 4.78 is 5.81. The van der Waals surface area contributed by atoms with E-state index >= 15 is 0 Å². The molecule has 0 aromatic heterocycles. The van der Waals surface area contributed by atoms with Gasteiger partial charge in [0, 0.05) is 5.69 Å². The van der Waals surface area contributed by atoms with Crippen LogP contribution < -0.4 is 14.5 Å². The Hall–Kier alpha value is -3.18. The van der Waals surface area contributed by atoms with Gasteiger partial charge in [0.15, 0.2) is 5.11 Å². The third-order valence-electron chi connectivity index (χ3n) is 4.47. The summed E-state index contributed by atoms with van der Waals surface area (Å²) in [5, 5.41) is 0.482. The maximum absolute atomic E-state index is 12.8. The van der Waals surface area contributed by atoms with Crippen molar-refractivity contribution in [2.24, 2.45) is 0 Å².